The molecular formula is C26H20BrN2O5-. The highest BCUT2D eigenvalue weighted by atomic mass is 79.9. The summed E-state index contributed by atoms with van der Waals surface area (Å²) < 4.78 is 12.6. The van der Waals surface area contributed by atoms with Crippen molar-refractivity contribution in [2.75, 3.05) is 11.9 Å². The van der Waals surface area contributed by atoms with Crippen LogP contribution < -0.4 is 19.9 Å². The molecule has 0 spiro atoms. The fourth-order valence-corrected chi connectivity index (χ4v) is 3.25. The van der Waals surface area contributed by atoms with Crippen molar-refractivity contribution >= 4 is 39.6 Å². The molecule has 0 saturated carbocycles. The Bertz CT molecular complexity index is 1260. The van der Waals surface area contributed by atoms with Crippen molar-refractivity contribution in [1.82, 2.24) is 0 Å². The lowest BCUT2D eigenvalue weighted by Gasteiger charge is -2.13. The molecule has 1 N–H and O–H groups in total. The summed E-state index contributed by atoms with van der Waals surface area (Å²) in [7, 11) is 0. The maximum atomic E-state index is 12.6. The van der Waals surface area contributed by atoms with Crippen LogP contribution in [0.4, 0.5) is 5.69 Å². The lowest BCUT2D eigenvalue weighted by molar-refractivity contribution is -0.255. The van der Waals surface area contributed by atoms with Crippen molar-refractivity contribution < 1.29 is 24.2 Å². The molecule has 172 valence electrons. The van der Waals surface area contributed by atoms with E-state index in [0.29, 0.717) is 30.3 Å². The molecule has 7 nitrogen and oxygen atoms in total. The molecule has 3 rings (SSSR count). The third kappa shape index (κ3) is 6.70. The SMILES string of the molecule is CCOc1cc(/C=C(\C#N)C(=O)Nc2cccc(C(=O)[O-])c2)ccc1OCc1ccc(Br)cc1. The molecule has 34 heavy (non-hydrogen) atoms. The van der Waals surface area contributed by atoms with Gasteiger partial charge in [-0.3, -0.25) is 4.79 Å². The lowest BCUT2D eigenvalue weighted by atomic mass is 10.1. The number of nitrogens with one attached hydrogen (secondary N) is 1. The summed E-state index contributed by atoms with van der Waals surface area (Å²) in [5, 5.41) is 23.0. The number of carboxylic acids is 1. The Balaban J connectivity index is 1.78. The average molecular weight is 520 g/mol. The quantitative estimate of drug-likeness (QED) is 0.332. The Morgan fingerprint density at radius 3 is 2.50 bits per heavy atom. The fraction of sp³-hybridized carbons (Fsp3) is 0.115. The first kappa shape index (κ1) is 24.6. The highest BCUT2D eigenvalue weighted by Gasteiger charge is 2.12. The minimum atomic E-state index is -1.36. The van der Waals surface area contributed by atoms with Gasteiger partial charge in [0.05, 0.1) is 12.6 Å². The number of nitriles is 1. The maximum Gasteiger partial charge on any atom is 0.266 e. The highest BCUT2D eigenvalue weighted by molar-refractivity contribution is 9.10. The molecule has 0 atom stereocenters. The van der Waals surface area contributed by atoms with Crippen LogP contribution in [0.2, 0.25) is 0 Å². The number of carbonyl (C=O) groups is 2. The summed E-state index contributed by atoms with van der Waals surface area (Å²) in [6.45, 7) is 2.59. The number of halogens is 1. The van der Waals surface area contributed by atoms with Gasteiger partial charge in [0, 0.05) is 10.2 Å². The number of ether oxygens (including phenoxy) is 2. The molecular weight excluding hydrogens is 500 g/mol. The largest absolute Gasteiger partial charge is 0.545 e. The van der Waals surface area contributed by atoms with Crippen LogP contribution in [-0.4, -0.2) is 18.5 Å². The molecule has 0 saturated heterocycles. The zero-order valence-corrected chi connectivity index (χ0v) is 19.8. The van der Waals surface area contributed by atoms with Crippen molar-refractivity contribution in [3.63, 3.8) is 0 Å². The smallest absolute Gasteiger partial charge is 0.266 e. The molecule has 1 amide bonds. The van der Waals surface area contributed by atoms with Gasteiger partial charge in [0.1, 0.15) is 18.2 Å². The molecule has 0 fully saturated rings. The second kappa shape index (κ2) is 11.7. The fourth-order valence-electron chi connectivity index (χ4n) is 2.98. The lowest BCUT2D eigenvalue weighted by Crippen LogP contribution is -2.22. The molecule has 3 aromatic rings. The van der Waals surface area contributed by atoms with E-state index in [2.05, 4.69) is 21.2 Å². The number of hydrogen-bond donors (Lipinski definition) is 1. The number of aromatic carboxylic acids is 1. The molecule has 0 radical (unpaired) electrons. The van der Waals surface area contributed by atoms with Crippen molar-refractivity contribution in [2.45, 2.75) is 13.5 Å². The normalized spacial score (nSPS) is 10.8. The molecule has 0 aliphatic heterocycles. The van der Waals surface area contributed by atoms with Gasteiger partial charge in [-0.2, -0.15) is 5.26 Å². The summed E-state index contributed by atoms with van der Waals surface area (Å²) in [5.41, 5.74) is 1.54. The van der Waals surface area contributed by atoms with Crippen LogP contribution in [0.5, 0.6) is 11.5 Å². The molecule has 0 aliphatic rings. The van der Waals surface area contributed by atoms with E-state index in [1.807, 2.05) is 37.3 Å². The second-order valence-corrected chi connectivity index (χ2v) is 7.96. The predicted molar refractivity (Wildman–Crippen MR) is 129 cm³/mol. The van der Waals surface area contributed by atoms with Gasteiger partial charge in [-0.05, 0) is 66.1 Å². The zero-order chi connectivity index (χ0) is 24.5. The second-order valence-electron chi connectivity index (χ2n) is 7.05. The zero-order valence-electron chi connectivity index (χ0n) is 18.2. The van der Waals surface area contributed by atoms with Crippen LogP contribution in [0, 0.1) is 11.3 Å². The number of carboxylic acid groups (broad SMARTS) is 1. The Morgan fingerprint density at radius 1 is 1.06 bits per heavy atom. The van der Waals surface area contributed by atoms with Gasteiger partial charge in [0.15, 0.2) is 11.5 Å². The Morgan fingerprint density at radius 2 is 1.82 bits per heavy atom. The Labute approximate surface area is 205 Å². The van der Waals surface area contributed by atoms with Gasteiger partial charge in [0.2, 0.25) is 0 Å². The topological polar surface area (TPSA) is 111 Å². The number of anilines is 1. The number of nitrogens with zero attached hydrogens (tertiary/aromatic N) is 1. The van der Waals surface area contributed by atoms with E-state index in [1.165, 1.54) is 30.3 Å². The first-order chi connectivity index (χ1) is 16.4. The molecule has 8 heteroatoms. The van der Waals surface area contributed by atoms with E-state index >= 15 is 0 Å². The summed E-state index contributed by atoms with van der Waals surface area (Å²) in [6.07, 6.45) is 1.42. The van der Waals surface area contributed by atoms with E-state index in [-0.39, 0.29) is 16.8 Å². The van der Waals surface area contributed by atoms with Crippen molar-refractivity contribution in [3.8, 4) is 17.6 Å². The first-order valence-corrected chi connectivity index (χ1v) is 11.1. The Kier molecular flexibility index (Phi) is 8.43. The molecule has 0 bridgehead atoms. The third-order valence-corrected chi connectivity index (χ3v) is 5.14. The van der Waals surface area contributed by atoms with Gasteiger partial charge in [-0.25, -0.2) is 0 Å². The van der Waals surface area contributed by atoms with E-state index in [4.69, 9.17) is 9.47 Å². The standard InChI is InChI=1S/C26H21BrN2O5/c1-2-33-24-13-18(8-11-23(24)34-16-17-6-9-21(27)10-7-17)12-20(15-28)25(30)29-22-5-3-4-19(14-22)26(31)32/h3-14H,2,16H2,1H3,(H,29,30)(H,31,32)/p-1/b20-12+. The summed E-state index contributed by atoms with van der Waals surface area (Å²) in [5.74, 6) is -1.03. The summed E-state index contributed by atoms with van der Waals surface area (Å²) in [4.78, 5) is 23.6. The van der Waals surface area contributed by atoms with Crippen molar-refractivity contribution in [1.29, 1.82) is 5.26 Å². The van der Waals surface area contributed by atoms with E-state index in [9.17, 15) is 20.0 Å². The van der Waals surface area contributed by atoms with Crippen LogP contribution >= 0.6 is 15.9 Å². The Hall–Kier alpha value is -4.09. The number of hydrogen-bond acceptors (Lipinski definition) is 6. The van der Waals surface area contributed by atoms with Crippen LogP contribution in [0.25, 0.3) is 6.08 Å². The maximum absolute atomic E-state index is 12.6. The molecule has 0 aliphatic carbocycles. The minimum absolute atomic E-state index is 0.0830. The predicted octanol–water partition coefficient (Wildman–Crippen LogP) is 4.34. The third-order valence-electron chi connectivity index (χ3n) is 4.61. The van der Waals surface area contributed by atoms with Gasteiger partial charge >= 0.3 is 0 Å². The minimum Gasteiger partial charge on any atom is -0.545 e. The van der Waals surface area contributed by atoms with Gasteiger partial charge in [-0.1, -0.05) is 46.3 Å². The summed E-state index contributed by atoms with van der Waals surface area (Å²) >= 11 is 3.40. The molecule has 3 aromatic carbocycles. The van der Waals surface area contributed by atoms with Crippen LogP contribution in [0.15, 0.2) is 76.8 Å². The van der Waals surface area contributed by atoms with Crippen LogP contribution in [0.3, 0.4) is 0 Å². The van der Waals surface area contributed by atoms with Crippen LogP contribution in [-0.2, 0) is 11.4 Å². The number of amides is 1. The van der Waals surface area contributed by atoms with E-state index < -0.39 is 11.9 Å². The van der Waals surface area contributed by atoms with Crippen LogP contribution in [0.1, 0.15) is 28.4 Å². The number of rotatable bonds is 9. The highest BCUT2D eigenvalue weighted by Crippen LogP contribution is 2.30. The first-order valence-electron chi connectivity index (χ1n) is 10.3. The number of benzene rings is 3. The van der Waals surface area contributed by atoms with E-state index in [0.717, 1.165) is 10.0 Å². The van der Waals surface area contributed by atoms with Gasteiger partial charge < -0.3 is 24.7 Å². The van der Waals surface area contributed by atoms with Crippen molar-refractivity contribution in [3.05, 3.63) is 93.5 Å². The summed E-state index contributed by atoms with van der Waals surface area (Å²) in [6, 6.07) is 20.3. The molecule has 0 heterocycles. The van der Waals surface area contributed by atoms with E-state index in [1.54, 1.807) is 18.2 Å². The monoisotopic (exact) mass is 519 g/mol. The van der Waals surface area contributed by atoms with Crippen molar-refractivity contribution in [2.24, 2.45) is 0 Å². The average Bonchev–Trinajstić information content (AvgIpc) is 2.83. The molecule has 0 aromatic heterocycles. The van der Waals surface area contributed by atoms with Gasteiger partial charge in [-0.15, -0.1) is 0 Å². The molecule has 0 unspecified atom stereocenters. The number of carbonyl (C=O) groups excluding carboxylic acids is 2. The van der Waals surface area contributed by atoms with Gasteiger partial charge in [0.25, 0.3) is 5.91 Å².